The third-order valence-electron chi connectivity index (χ3n) is 1.48. The molecule has 0 amide bonds. The molecule has 0 bridgehead atoms. The van der Waals surface area contributed by atoms with Crippen molar-refractivity contribution in [1.82, 2.24) is 15.0 Å². The third-order valence-corrected chi connectivity index (χ3v) is 2.68. The van der Waals surface area contributed by atoms with Gasteiger partial charge in [-0.15, -0.1) is 0 Å². The van der Waals surface area contributed by atoms with Gasteiger partial charge in [0.1, 0.15) is 16.7 Å². The Bertz CT molecular complexity index is 427. The summed E-state index contributed by atoms with van der Waals surface area (Å²) in [6, 6.07) is 0. The molecule has 1 N–H and O–H groups in total. The maximum absolute atomic E-state index is 5.84. The summed E-state index contributed by atoms with van der Waals surface area (Å²) in [7, 11) is 0. The van der Waals surface area contributed by atoms with Crippen LogP contribution in [0, 0.1) is 0 Å². The van der Waals surface area contributed by atoms with Gasteiger partial charge in [0, 0.05) is 6.54 Å². The van der Waals surface area contributed by atoms with Crippen molar-refractivity contribution in [3.05, 3.63) is 11.5 Å². The second kappa shape index (κ2) is 3.43. The molecule has 0 aliphatic rings. The number of halogens is 1. The highest BCUT2D eigenvalue weighted by molar-refractivity contribution is 7.21. The van der Waals surface area contributed by atoms with E-state index in [2.05, 4.69) is 20.3 Å². The molecule has 2 heterocycles. The van der Waals surface area contributed by atoms with E-state index in [9.17, 15) is 0 Å². The first-order valence-electron chi connectivity index (χ1n) is 3.82. The van der Waals surface area contributed by atoms with Crippen molar-refractivity contribution in [1.29, 1.82) is 0 Å². The molecule has 2 aromatic heterocycles. The molecule has 0 unspecified atom stereocenters. The van der Waals surface area contributed by atoms with Gasteiger partial charge in [0.2, 0.25) is 0 Å². The minimum atomic E-state index is 0.408. The maximum Gasteiger partial charge on any atom is 0.185 e. The lowest BCUT2D eigenvalue weighted by atomic mass is 10.6. The lowest BCUT2D eigenvalue weighted by molar-refractivity contribution is 1.19. The molecule has 13 heavy (non-hydrogen) atoms. The lowest BCUT2D eigenvalue weighted by Gasteiger charge is -1.92. The van der Waals surface area contributed by atoms with Crippen LogP contribution >= 0.6 is 22.9 Å². The van der Waals surface area contributed by atoms with Crippen LogP contribution in [0.5, 0.6) is 0 Å². The van der Waals surface area contributed by atoms with E-state index in [1.807, 2.05) is 6.92 Å². The molecule has 68 valence electrons. The summed E-state index contributed by atoms with van der Waals surface area (Å²) < 4.78 is 0. The van der Waals surface area contributed by atoms with Gasteiger partial charge in [-0.2, -0.15) is 0 Å². The first kappa shape index (κ1) is 8.65. The Balaban J connectivity index is 2.55. The number of hydrogen-bond donors (Lipinski definition) is 1. The van der Waals surface area contributed by atoms with Crippen LogP contribution in [0.25, 0.3) is 10.3 Å². The summed E-state index contributed by atoms with van der Waals surface area (Å²) in [6.45, 7) is 2.85. The quantitative estimate of drug-likeness (QED) is 0.779. The topological polar surface area (TPSA) is 50.7 Å². The Labute approximate surface area is 84.0 Å². The number of nitrogens with zero attached hydrogens (tertiary/aromatic N) is 3. The number of anilines is 1. The average Bonchev–Trinajstić information content (AvgIpc) is 2.49. The Morgan fingerprint density at radius 2 is 2.38 bits per heavy atom. The van der Waals surface area contributed by atoms with Gasteiger partial charge >= 0.3 is 0 Å². The molecule has 2 rings (SSSR count). The fraction of sp³-hybridized carbons (Fsp3) is 0.286. The Hall–Kier alpha value is -0.940. The van der Waals surface area contributed by atoms with Crippen LogP contribution in [0.3, 0.4) is 0 Å². The summed E-state index contributed by atoms with van der Waals surface area (Å²) in [5, 5.41) is 4.35. The summed E-state index contributed by atoms with van der Waals surface area (Å²) in [6.07, 6.45) is 1.44. The van der Waals surface area contributed by atoms with E-state index in [0.29, 0.717) is 10.7 Å². The molecule has 0 aliphatic carbocycles. The number of aromatic nitrogens is 3. The van der Waals surface area contributed by atoms with Crippen LogP contribution in [0.2, 0.25) is 5.15 Å². The second-order valence-corrected chi connectivity index (χ2v) is 3.70. The van der Waals surface area contributed by atoms with Crippen LogP contribution in [0.15, 0.2) is 6.33 Å². The van der Waals surface area contributed by atoms with E-state index >= 15 is 0 Å². The first-order valence-corrected chi connectivity index (χ1v) is 5.01. The normalized spacial score (nSPS) is 10.6. The summed E-state index contributed by atoms with van der Waals surface area (Å²) in [5.74, 6) is 0. The van der Waals surface area contributed by atoms with Gasteiger partial charge in [0.25, 0.3) is 0 Å². The molecule has 0 radical (unpaired) electrons. The molecule has 6 heteroatoms. The molecule has 2 aromatic rings. The van der Waals surface area contributed by atoms with Crippen LogP contribution in [-0.2, 0) is 0 Å². The van der Waals surface area contributed by atoms with Gasteiger partial charge in [0.05, 0.1) is 0 Å². The Kier molecular flexibility index (Phi) is 2.28. The molecule has 0 fully saturated rings. The zero-order valence-corrected chi connectivity index (χ0v) is 8.48. The highest BCUT2D eigenvalue weighted by atomic mass is 35.5. The molecule has 0 saturated carbocycles. The van der Waals surface area contributed by atoms with Crippen molar-refractivity contribution in [2.45, 2.75) is 6.92 Å². The van der Waals surface area contributed by atoms with E-state index in [0.717, 1.165) is 16.5 Å². The molecule has 0 aliphatic heterocycles. The van der Waals surface area contributed by atoms with Gasteiger partial charge in [-0.05, 0) is 6.92 Å². The van der Waals surface area contributed by atoms with Crippen molar-refractivity contribution in [2.24, 2.45) is 0 Å². The number of rotatable bonds is 2. The van der Waals surface area contributed by atoms with Gasteiger partial charge < -0.3 is 5.32 Å². The fourth-order valence-corrected chi connectivity index (χ4v) is 2.06. The van der Waals surface area contributed by atoms with Crippen molar-refractivity contribution in [2.75, 3.05) is 11.9 Å². The van der Waals surface area contributed by atoms with Crippen LogP contribution in [0.1, 0.15) is 6.92 Å². The molecule has 0 aromatic carbocycles. The van der Waals surface area contributed by atoms with Crippen LogP contribution in [0.4, 0.5) is 5.13 Å². The minimum Gasteiger partial charge on any atom is -0.362 e. The maximum atomic E-state index is 5.84. The van der Waals surface area contributed by atoms with Gasteiger partial charge in [-0.25, -0.2) is 15.0 Å². The van der Waals surface area contributed by atoms with Crippen LogP contribution in [-0.4, -0.2) is 21.5 Å². The van der Waals surface area contributed by atoms with E-state index in [1.165, 1.54) is 17.7 Å². The second-order valence-electron chi connectivity index (χ2n) is 2.37. The van der Waals surface area contributed by atoms with Crippen molar-refractivity contribution in [3.8, 4) is 0 Å². The smallest absolute Gasteiger partial charge is 0.185 e. The minimum absolute atomic E-state index is 0.408. The van der Waals surface area contributed by atoms with Gasteiger partial charge in [0.15, 0.2) is 10.3 Å². The Morgan fingerprint density at radius 1 is 1.54 bits per heavy atom. The van der Waals surface area contributed by atoms with Crippen molar-refractivity contribution < 1.29 is 0 Å². The lowest BCUT2D eigenvalue weighted by Crippen LogP contribution is -1.94. The highest BCUT2D eigenvalue weighted by Gasteiger charge is 2.07. The zero-order valence-electron chi connectivity index (χ0n) is 6.91. The molecule has 4 nitrogen and oxygen atoms in total. The summed E-state index contributed by atoms with van der Waals surface area (Å²) >= 11 is 7.31. The monoisotopic (exact) mass is 214 g/mol. The number of thiazole rings is 1. The number of nitrogens with one attached hydrogen (secondary N) is 1. The van der Waals surface area contributed by atoms with Crippen LogP contribution < -0.4 is 5.32 Å². The van der Waals surface area contributed by atoms with E-state index in [1.54, 1.807) is 0 Å². The van der Waals surface area contributed by atoms with Crippen molar-refractivity contribution >= 4 is 38.4 Å². The predicted molar refractivity (Wildman–Crippen MR) is 54.4 cm³/mol. The highest BCUT2D eigenvalue weighted by Crippen LogP contribution is 2.27. The molecular weight excluding hydrogens is 208 g/mol. The summed E-state index contributed by atoms with van der Waals surface area (Å²) in [5.41, 5.74) is 0.671. The van der Waals surface area contributed by atoms with Crippen molar-refractivity contribution in [3.63, 3.8) is 0 Å². The fourth-order valence-electron chi connectivity index (χ4n) is 0.954. The third kappa shape index (κ3) is 1.57. The molecule has 0 atom stereocenters. The van der Waals surface area contributed by atoms with E-state index < -0.39 is 0 Å². The largest absolute Gasteiger partial charge is 0.362 e. The summed E-state index contributed by atoms with van der Waals surface area (Å²) in [4.78, 5) is 13.0. The Morgan fingerprint density at radius 3 is 3.08 bits per heavy atom. The van der Waals surface area contributed by atoms with E-state index in [4.69, 9.17) is 11.6 Å². The molecule has 0 saturated heterocycles. The molecule has 0 spiro atoms. The zero-order chi connectivity index (χ0) is 9.26. The first-order chi connectivity index (χ1) is 6.31. The van der Waals surface area contributed by atoms with Gasteiger partial charge in [-0.3, -0.25) is 0 Å². The molecular formula is C7H7ClN4S. The predicted octanol–water partition coefficient (Wildman–Crippen LogP) is 2.17. The number of fused-ring (bicyclic) bond motifs is 1. The number of hydrogen-bond acceptors (Lipinski definition) is 5. The SMILES string of the molecule is CCNc1nc2c(Cl)ncnc2s1. The van der Waals surface area contributed by atoms with E-state index in [-0.39, 0.29) is 0 Å². The van der Waals surface area contributed by atoms with Gasteiger partial charge in [-0.1, -0.05) is 22.9 Å². The average molecular weight is 215 g/mol. The standard InChI is InChI=1S/C7H7ClN4S/c1-2-9-7-12-4-5(8)10-3-11-6(4)13-7/h3H,2H2,1H3,(H,9,12).